The highest BCUT2D eigenvalue weighted by atomic mass is 35.5. The summed E-state index contributed by atoms with van der Waals surface area (Å²) in [7, 11) is 0. The third-order valence-electron chi connectivity index (χ3n) is 3.12. The first-order chi connectivity index (χ1) is 11.1. The molecule has 0 aromatic heterocycles. The van der Waals surface area contributed by atoms with E-state index in [1.807, 2.05) is 37.3 Å². The minimum Gasteiger partial charge on any atom is -0.386 e. The lowest BCUT2D eigenvalue weighted by Crippen LogP contribution is -2.29. The van der Waals surface area contributed by atoms with Crippen LogP contribution in [0.4, 0.5) is 0 Å². The summed E-state index contributed by atoms with van der Waals surface area (Å²) in [6.07, 6.45) is 1.42. The fourth-order valence-corrected chi connectivity index (χ4v) is 2.27. The Hall–Kier alpha value is -2.04. The summed E-state index contributed by atoms with van der Waals surface area (Å²) in [5, 5.41) is 7.39. The Morgan fingerprint density at radius 3 is 2.70 bits per heavy atom. The average molecular weight is 351 g/mol. The van der Waals surface area contributed by atoms with Crippen LogP contribution in [0, 0.1) is 0 Å². The maximum atomic E-state index is 11.8. The van der Waals surface area contributed by atoms with Gasteiger partial charge < -0.3 is 10.2 Å². The molecule has 0 fully saturated rings. The lowest BCUT2D eigenvalue weighted by atomic mass is 10.1. The molecule has 1 atom stereocenters. The van der Waals surface area contributed by atoms with Crippen molar-refractivity contribution in [1.82, 2.24) is 5.32 Å². The van der Waals surface area contributed by atoms with Crippen LogP contribution in [0.5, 0.6) is 0 Å². The van der Waals surface area contributed by atoms with E-state index in [0.29, 0.717) is 15.6 Å². The van der Waals surface area contributed by atoms with Crippen molar-refractivity contribution in [2.75, 3.05) is 6.61 Å². The predicted octanol–water partition coefficient (Wildman–Crippen LogP) is 4.22. The number of nitrogens with one attached hydrogen (secondary N) is 1. The standard InChI is InChI=1S/C17H16Cl2N2O2/c1-12(13-6-3-2-4-7-13)21-16(22)11-23-20-10-14-8-5-9-15(18)17(14)19/h2-10,12H,11H2,1H3,(H,21,22)/b20-10-/t12-/m0/s1. The summed E-state index contributed by atoms with van der Waals surface area (Å²) in [5.74, 6) is -0.254. The van der Waals surface area contributed by atoms with Crippen molar-refractivity contribution in [3.8, 4) is 0 Å². The van der Waals surface area contributed by atoms with E-state index in [4.69, 9.17) is 28.0 Å². The quantitative estimate of drug-likeness (QED) is 0.626. The molecule has 6 heteroatoms. The SMILES string of the molecule is C[C@H](NC(=O)CO/N=C\c1cccc(Cl)c1Cl)c1ccccc1. The second-order valence-electron chi connectivity index (χ2n) is 4.85. The van der Waals surface area contributed by atoms with Gasteiger partial charge in [-0.1, -0.05) is 70.8 Å². The molecule has 23 heavy (non-hydrogen) atoms. The van der Waals surface area contributed by atoms with E-state index in [-0.39, 0.29) is 18.6 Å². The molecule has 1 N–H and O–H groups in total. The molecule has 0 heterocycles. The molecular formula is C17H16Cl2N2O2. The molecule has 0 unspecified atom stereocenters. The molecule has 0 saturated carbocycles. The molecule has 0 spiro atoms. The van der Waals surface area contributed by atoms with Crippen LogP contribution < -0.4 is 5.32 Å². The van der Waals surface area contributed by atoms with Crippen molar-refractivity contribution >= 4 is 35.3 Å². The van der Waals surface area contributed by atoms with Gasteiger partial charge >= 0.3 is 0 Å². The maximum absolute atomic E-state index is 11.8. The number of hydrogen-bond donors (Lipinski definition) is 1. The van der Waals surface area contributed by atoms with Gasteiger partial charge in [-0.2, -0.15) is 0 Å². The van der Waals surface area contributed by atoms with Gasteiger partial charge in [0.15, 0.2) is 6.61 Å². The Labute approximate surface area is 145 Å². The number of halogens is 2. The molecule has 4 nitrogen and oxygen atoms in total. The van der Waals surface area contributed by atoms with Gasteiger partial charge in [-0.3, -0.25) is 4.79 Å². The fourth-order valence-electron chi connectivity index (χ4n) is 1.92. The van der Waals surface area contributed by atoms with Crippen LogP contribution in [0.1, 0.15) is 24.1 Å². The predicted molar refractivity (Wildman–Crippen MR) is 93.0 cm³/mol. The second kappa shape index (κ2) is 8.56. The summed E-state index contributed by atoms with van der Waals surface area (Å²) in [5.41, 5.74) is 1.65. The molecule has 0 aliphatic heterocycles. The molecule has 0 bridgehead atoms. The molecule has 2 aromatic carbocycles. The first-order valence-electron chi connectivity index (χ1n) is 7.01. The second-order valence-corrected chi connectivity index (χ2v) is 5.64. The third-order valence-corrected chi connectivity index (χ3v) is 3.95. The van der Waals surface area contributed by atoms with Gasteiger partial charge in [0.25, 0.3) is 5.91 Å². The lowest BCUT2D eigenvalue weighted by molar-refractivity contribution is -0.126. The molecule has 2 aromatic rings. The molecular weight excluding hydrogens is 335 g/mol. The maximum Gasteiger partial charge on any atom is 0.261 e. The Morgan fingerprint density at radius 1 is 1.22 bits per heavy atom. The lowest BCUT2D eigenvalue weighted by Gasteiger charge is -2.13. The Morgan fingerprint density at radius 2 is 1.96 bits per heavy atom. The van der Waals surface area contributed by atoms with Crippen LogP contribution in [-0.2, 0) is 9.63 Å². The highest BCUT2D eigenvalue weighted by Crippen LogP contribution is 2.24. The normalized spacial score (nSPS) is 12.1. The molecule has 1 amide bonds. The largest absolute Gasteiger partial charge is 0.386 e. The summed E-state index contributed by atoms with van der Waals surface area (Å²) in [6, 6.07) is 14.8. The van der Waals surface area contributed by atoms with E-state index in [1.165, 1.54) is 6.21 Å². The van der Waals surface area contributed by atoms with Crippen LogP contribution in [-0.4, -0.2) is 18.7 Å². The summed E-state index contributed by atoms with van der Waals surface area (Å²) < 4.78 is 0. The Bertz CT molecular complexity index is 690. The number of oxime groups is 1. The minimum absolute atomic E-state index is 0.0985. The number of benzene rings is 2. The number of carbonyl (C=O) groups excluding carboxylic acids is 1. The average Bonchev–Trinajstić information content (AvgIpc) is 2.56. The van der Waals surface area contributed by atoms with E-state index in [2.05, 4.69) is 10.5 Å². The number of carbonyl (C=O) groups is 1. The van der Waals surface area contributed by atoms with Gasteiger partial charge in [0.05, 0.1) is 22.3 Å². The molecule has 0 aliphatic rings. The van der Waals surface area contributed by atoms with Crippen LogP contribution in [0.15, 0.2) is 53.7 Å². The number of amides is 1. The summed E-state index contributed by atoms with van der Waals surface area (Å²) >= 11 is 11.9. The van der Waals surface area contributed by atoms with Gasteiger partial charge in [-0.25, -0.2) is 0 Å². The van der Waals surface area contributed by atoms with Crippen LogP contribution in [0.2, 0.25) is 10.0 Å². The molecule has 0 saturated heterocycles. The smallest absolute Gasteiger partial charge is 0.261 e. The van der Waals surface area contributed by atoms with E-state index >= 15 is 0 Å². The number of rotatable bonds is 6. The Kier molecular flexibility index (Phi) is 6.44. The van der Waals surface area contributed by atoms with Crippen molar-refractivity contribution < 1.29 is 9.63 Å². The van der Waals surface area contributed by atoms with Crippen molar-refractivity contribution in [1.29, 1.82) is 0 Å². The van der Waals surface area contributed by atoms with Crippen molar-refractivity contribution in [2.45, 2.75) is 13.0 Å². The zero-order chi connectivity index (χ0) is 16.7. The topological polar surface area (TPSA) is 50.7 Å². The highest BCUT2D eigenvalue weighted by molar-refractivity contribution is 6.43. The molecule has 2 rings (SSSR count). The van der Waals surface area contributed by atoms with Crippen LogP contribution in [0.3, 0.4) is 0 Å². The number of hydrogen-bond acceptors (Lipinski definition) is 3. The zero-order valence-corrected chi connectivity index (χ0v) is 14.0. The van der Waals surface area contributed by atoms with Gasteiger partial charge in [0.2, 0.25) is 0 Å². The van der Waals surface area contributed by atoms with Gasteiger partial charge in [0, 0.05) is 5.56 Å². The van der Waals surface area contributed by atoms with Crippen molar-refractivity contribution in [3.63, 3.8) is 0 Å². The van der Waals surface area contributed by atoms with E-state index < -0.39 is 0 Å². The number of nitrogens with zero attached hydrogens (tertiary/aromatic N) is 1. The van der Waals surface area contributed by atoms with Crippen LogP contribution in [0.25, 0.3) is 0 Å². The molecule has 120 valence electrons. The molecule has 0 radical (unpaired) electrons. The fraction of sp³-hybridized carbons (Fsp3) is 0.176. The minimum atomic E-state index is -0.254. The first kappa shape index (κ1) is 17.3. The Balaban J connectivity index is 1.81. The van der Waals surface area contributed by atoms with Crippen LogP contribution >= 0.6 is 23.2 Å². The summed E-state index contributed by atoms with van der Waals surface area (Å²) in [6.45, 7) is 1.73. The summed E-state index contributed by atoms with van der Waals surface area (Å²) in [4.78, 5) is 16.8. The van der Waals surface area contributed by atoms with E-state index in [0.717, 1.165) is 5.56 Å². The van der Waals surface area contributed by atoms with Gasteiger partial charge in [0.1, 0.15) is 0 Å². The van der Waals surface area contributed by atoms with Crippen molar-refractivity contribution in [2.24, 2.45) is 5.16 Å². The van der Waals surface area contributed by atoms with Gasteiger partial charge in [-0.05, 0) is 18.6 Å². The first-order valence-corrected chi connectivity index (χ1v) is 7.77. The van der Waals surface area contributed by atoms with Crippen molar-refractivity contribution in [3.05, 3.63) is 69.7 Å². The zero-order valence-electron chi connectivity index (χ0n) is 12.5. The monoisotopic (exact) mass is 350 g/mol. The third kappa shape index (κ3) is 5.27. The van der Waals surface area contributed by atoms with E-state index in [1.54, 1.807) is 18.2 Å². The van der Waals surface area contributed by atoms with Gasteiger partial charge in [-0.15, -0.1) is 0 Å². The highest BCUT2D eigenvalue weighted by Gasteiger charge is 2.09. The van der Waals surface area contributed by atoms with E-state index in [9.17, 15) is 4.79 Å². The molecule has 0 aliphatic carbocycles.